The molecule has 3 N–H and O–H groups in total. The quantitative estimate of drug-likeness (QED) is 0.864. The van der Waals surface area contributed by atoms with Gasteiger partial charge < -0.3 is 11.1 Å². The Hall–Kier alpha value is -0.930. The highest BCUT2D eigenvalue weighted by atomic mass is 32.2. The van der Waals surface area contributed by atoms with Gasteiger partial charge in [-0.05, 0) is 41.8 Å². The standard InChI is InChI=1S/C10H14N4S2/c11-5-8-9(12)14-16-10(8)13-6-7-1-3-15-4-2-7/h7,13H,1-4,6H2,(H2,12,14). The van der Waals surface area contributed by atoms with E-state index in [-0.39, 0.29) is 0 Å². The van der Waals surface area contributed by atoms with Crippen LogP contribution in [0.4, 0.5) is 10.8 Å². The number of thioether (sulfide) groups is 1. The van der Waals surface area contributed by atoms with Gasteiger partial charge in [0.2, 0.25) is 0 Å². The molecular formula is C10H14N4S2. The van der Waals surface area contributed by atoms with Crippen molar-refractivity contribution in [1.29, 1.82) is 5.26 Å². The number of anilines is 2. The summed E-state index contributed by atoms with van der Waals surface area (Å²) in [4.78, 5) is 0. The van der Waals surface area contributed by atoms with Gasteiger partial charge in [-0.1, -0.05) is 0 Å². The first-order chi connectivity index (χ1) is 7.81. The molecule has 0 bridgehead atoms. The molecule has 6 heteroatoms. The summed E-state index contributed by atoms with van der Waals surface area (Å²) in [6.45, 7) is 0.927. The second kappa shape index (κ2) is 5.41. The van der Waals surface area contributed by atoms with E-state index in [4.69, 9.17) is 11.0 Å². The highest BCUT2D eigenvalue weighted by molar-refractivity contribution is 7.99. The molecule has 0 spiro atoms. The summed E-state index contributed by atoms with van der Waals surface area (Å²) in [7, 11) is 0. The molecule has 86 valence electrons. The topological polar surface area (TPSA) is 74.7 Å². The van der Waals surface area contributed by atoms with Crippen LogP contribution in [0.1, 0.15) is 18.4 Å². The van der Waals surface area contributed by atoms with Gasteiger partial charge >= 0.3 is 0 Å². The van der Waals surface area contributed by atoms with Crippen LogP contribution >= 0.6 is 23.3 Å². The number of hydrogen-bond acceptors (Lipinski definition) is 6. The third-order valence-electron chi connectivity index (χ3n) is 2.72. The Bertz CT molecular complexity index is 390. The molecule has 1 aromatic rings. The summed E-state index contributed by atoms with van der Waals surface area (Å²) >= 11 is 3.30. The molecule has 2 rings (SSSR count). The van der Waals surface area contributed by atoms with E-state index >= 15 is 0 Å². The largest absolute Gasteiger partial charge is 0.382 e. The van der Waals surface area contributed by atoms with E-state index in [0.717, 1.165) is 17.5 Å². The number of aromatic nitrogens is 1. The van der Waals surface area contributed by atoms with Crippen LogP contribution in [0.15, 0.2) is 0 Å². The molecule has 1 fully saturated rings. The molecule has 1 aromatic heterocycles. The number of nitriles is 1. The van der Waals surface area contributed by atoms with Gasteiger partial charge in [-0.3, -0.25) is 0 Å². The van der Waals surface area contributed by atoms with E-state index in [1.165, 1.54) is 35.9 Å². The Balaban J connectivity index is 1.91. The number of hydrogen-bond donors (Lipinski definition) is 2. The molecule has 1 aliphatic rings. The van der Waals surface area contributed by atoms with Crippen LogP contribution in [0.25, 0.3) is 0 Å². The van der Waals surface area contributed by atoms with Gasteiger partial charge in [-0.2, -0.15) is 21.4 Å². The molecule has 0 aromatic carbocycles. The molecule has 2 heterocycles. The van der Waals surface area contributed by atoms with Gasteiger partial charge in [0.05, 0.1) is 0 Å². The fourth-order valence-corrected chi connectivity index (χ4v) is 3.59. The first kappa shape index (κ1) is 11.6. The predicted octanol–water partition coefficient (Wildman–Crippen LogP) is 2.15. The van der Waals surface area contributed by atoms with Crippen molar-refractivity contribution in [3.63, 3.8) is 0 Å². The van der Waals surface area contributed by atoms with Crippen LogP contribution < -0.4 is 11.1 Å². The van der Waals surface area contributed by atoms with Gasteiger partial charge in [0.15, 0.2) is 5.82 Å². The normalized spacial score (nSPS) is 16.9. The summed E-state index contributed by atoms with van der Waals surface area (Å²) in [6.07, 6.45) is 2.52. The number of rotatable bonds is 3. The zero-order chi connectivity index (χ0) is 11.4. The minimum atomic E-state index is 0.342. The van der Waals surface area contributed by atoms with Crippen LogP contribution in [-0.4, -0.2) is 22.4 Å². The summed E-state index contributed by atoms with van der Waals surface area (Å²) in [5.41, 5.74) is 6.09. The van der Waals surface area contributed by atoms with Gasteiger partial charge in [-0.15, -0.1) is 0 Å². The van der Waals surface area contributed by atoms with Crippen molar-refractivity contribution >= 4 is 34.1 Å². The second-order valence-corrected chi connectivity index (χ2v) is 5.82. The predicted molar refractivity (Wildman–Crippen MR) is 69.8 cm³/mol. The second-order valence-electron chi connectivity index (χ2n) is 3.82. The van der Waals surface area contributed by atoms with Gasteiger partial charge in [-0.25, -0.2) is 0 Å². The Labute approximate surface area is 103 Å². The highest BCUT2D eigenvalue weighted by Crippen LogP contribution is 2.28. The first-order valence-electron chi connectivity index (χ1n) is 5.28. The minimum absolute atomic E-state index is 0.342. The lowest BCUT2D eigenvalue weighted by Crippen LogP contribution is -2.19. The third-order valence-corrected chi connectivity index (χ3v) is 4.59. The monoisotopic (exact) mass is 254 g/mol. The molecule has 0 aliphatic carbocycles. The van der Waals surface area contributed by atoms with Crippen LogP contribution in [0.3, 0.4) is 0 Å². The van der Waals surface area contributed by atoms with Crippen molar-refractivity contribution in [2.24, 2.45) is 5.92 Å². The molecular weight excluding hydrogens is 240 g/mol. The lowest BCUT2D eigenvalue weighted by atomic mass is 10.0. The van der Waals surface area contributed by atoms with Crippen LogP contribution in [-0.2, 0) is 0 Å². The third kappa shape index (κ3) is 2.60. The number of nitrogens with zero attached hydrogens (tertiary/aromatic N) is 2. The fraction of sp³-hybridized carbons (Fsp3) is 0.600. The van der Waals surface area contributed by atoms with Crippen molar-refractivity contribution in [2.45, 2.75) is 12.8 Å². The van der Waals surface area contributed by atoms with E-state index in [9.17, 15) is 0 Å². The zero-order valence-corrected chi connectivity index (χ0v) is 10.5. The lowest BCUT2D eigenvalue weighted by molar-refractivity contribution is 0.516. The van der Waals surface area contributed by atoms with E-state index in [1.54, 1.807) is 0 Å². The van der Waals surface area contributed by atoms with Crippen molar-refractivity contribution in [2.75, 3.05) is 29.1 Å². The van der Waals surface area contributed by atoms with Crippen LogP contribution in [0.5, 0.6) is 0 Å². The SMILES string of the molecule is N#Cc1c(N)nsc1NCC1CCSCC1. The molecule has 0 atom stereocenters. The van der Waals surface area contributed by atoms with Crippen molar-refractivity contribution < 1.29 is 0 Å². The van der Waals surface area contributed by atoms with Crippen LogP contribution in [0, 0.1) is 17.2 Å². The van der Waals surface area contributed by atoms with Crippen molar-refractivity contribution in [1.82, 2.24) is 4.37 Å². The summed E-state index contributed by atoms with van der Waals surface area (Å²) in [6, 6.07) is 2.09. The summed E-state index contributed by atoms with van der Waals surface area (Å²) in [5.74, 6) is 3.57. The van der Waals surface area contributed by atoms with Crippen molar-refractivity contribution in [3.05, 3.63) is 5.56 Å². The molecule has 16 heavy (non-hydrogen) atoms. The lowest BCUT2D eigenvalue weighted by Gasteiger charge is -2.21. The molecule has 0 radical (unpaired) electrons. The smallest absolute Gasteiger partial charge is 0.157 e. The highest BCUT2D eigenvalue weighted by Gasteiger charge is 2.16. The fourth-order valence-electron chi connectivity index (χ4n) is 1.72. The Morgan fingerprint density at radius 3 is 2.94 bits per heavy atom. The van der Waals surface area contributed by atoms with Crippen LogP contribution in [0.2, 0.25) is 0 Å². The molecule has 4 nitrogen and oxygen atoms in total. The molecule has 0 amide bonds. The zero-order valence-electron chi connectivity index (χ0n) is 8.90. The summed E-state index contributed by atoms with van der Waals surface area (Å²) in [5, 5.41) is 13.0. The average molecular weight is 254 g/mol. The van der Waals surface area contributed by atoms with E-state index < -0.39 is 0 Å². The number of nitrogens with one attached hydrogen (secondary N) is 1. The number of nitrogen functional groups attached to an aromatic ring is 1. The Kier molecular flexibility index (Phi) is 3.91. The van der Waals surface area contributed by atoms with E-state index in [0.29, 0.717) is 11.4 Å². The molecule has 0 unspecified atom stereocenters. The maximum atomic E-state index is 8.92. The maximum absolute atomic E-state index is 8.92. The van der Waals surface area contributed by atoms with Gasteiger partial charge in [0.1, 0.15) is 16.6 Å². The van der Waals surface area contributed by atoms with E-state index in [1.807, 2.05) is 11.8 Å². The van der Waals surface area contributed by atoms with E-state index in [2.05, 4.69) is 15.8 Å². The molecule has 0 saturated carbocycles. The minimum Gasteiger partial charge on any atom is -0.382 e. The van der Waals surface area contributed by atoms with Gasteiger partial charge in [0, 0.05) is 6.54 Å². The summed E-state index contributed by atoms with van der Waals surface area (Å²) < 4.78 is 3.98. The maximum Gasteiger partial charge on any atom is 0.157 e. The van der Waals surface area contributed by atoms with Crippen molar-refractivity contribution in [3.8, 4) is 6.07 Å². The Morgan fingerprint density at radius 1 is 1.50 bits per heavy atom. The Morgan fingerprint density at radius 2 is 2.25 bits per heavy atom. The number of nitrogens with two attached hydrogens (primary N) is 1. The average Bonchev–Trinajstić information content (AvgIpc) is 2.68. The van der Waals surface area contributed by atoms with Gasteiger partial charge in [0.25, 0.3) is 0 Å². The first-order valence-corrected chi connectivity index (χ1v) is 7.21. The molecule has 1 saturated heterocycles. The molecule has 1 aliphatic heterocycles.